The van der Waals surface area contributed by atoms with Crippen molar-refractivity contribution in [1.29, 1.82) is 0 Å². The summed E-state index contributed by atoms with van der Waals surface area (Å²) >= 11 is 0. The molecule has 0 bridgehead atoms. The zero-order valence-electron chi connectivity index (χ0n) is 7.81. The van der Waals surface area contributed by atoms with Crippen LogP contribution in [0.1, 0.15) is 34.6 Å². The number of aldehydes is 1. The van der Waals surface area contributed by atoms with Crippen LogP contribution in [0.2, 0.25) is 0 Å². The quantitative estimate of drug-likeness (QED) is 0.550. The molecule has 0 radical (unpaired) electrons. The highest BCUT2D eigenvalue weighted by atomic mass is 19.4. The van der Waals surface area contributed by atoms with Crippen molar-refractivity contribution >= 4 is 6.29 Å². The van der Waals surface area contributed by atoms with Gasteiger partial charge in [0.15, 0.2) is 0 Å². The van der Waals surface area contributed by atoms with Crippen LogP contribution in [-0.2, 0) is 6.18 Å². The van der Waals surface area contributed by atoms with E-state index in [2.05, 4.69) is 0 Å². The van der Waals surface area contributed by atoms with Crippen molar-refractivity contribution in [2.45, 2.75) is 19.3 Å². The maximum atomic E-state index is 12.9. The first kappa shape index (κ1) is 11.7. The number of halogens is 4. The number of rotatable bonds is 2. The van der Waals surface area contributed by atoms with Crippen LogP contribution in [0.4, 0.5) is 17.6 Å². The third-order valence-corrected chi connectivity index (χ3v) is 1.97. The van der Waals surface area contributed by atoms with Crippen LogP contribution in [0.3, 0.4) is 0 Å². The summed E-state index contributed by atoms with van der Waals surface area (Å²) in [5, 5.41) is 0. The van der Waals surface area contributed by atoms with Crippen molar-refractivity contribution in [1.82, 2.24) is 0 Å². The second kappa shape index (κ2) is 4.00. The second-order valence-corrected chi connectivity index (χ2v) is 3.08. The van der Waals surface area contributed by atoms with Gasteiger partial charge < -0.3 is 0 Å². The lowest BCUT2D eigenvalue weighted by molar-refractivity contribution is -0.137. The molecule has 0 heterocycles. The average Bonchev–Trinajstić information content (AvgIpc) is 2.15. The molecule has 0 aliphatic carbocycles. The van der Waals surface area contributed by atoms with E-state index in [4.69, 9.17) is 0 Å². The predicted octanol–water partition coefficient (Wildman–Crippen LogP) is 3.55. The molecule has 0 unspecified atom stereocenters. The Bertz CT molecular complexity index is 368. The first-order valence-corrected chi connectivity index (χ1v) is 4.16. The van der Waals surface area contributed by atoms with Crippen molar-refractivity contribution in [3.05, 3.63) is 34.9 Å². The van der Waals surface area contributed by atoms with E-state index in [0.29, 0.717) is 6.07 Å². The Morgan fingerprint density at radius 3 is 2.33 bits per heavy atom. The molecule has 0 saturated heterocycles. The van der Waals surface area contributed by atoms with Crippen LogP contribution in [0.25, 0.3) is 0 Å². The van der Waals surface area contributed by atoms with Crippen LogP contribution in [0, 0.1) is 0 Å². The molecule has 1 atom stereocenters. The Morgan fingerprint density at radius 1 is 1.33 bits per heavy atom. The van der Waals surface area contributed by atoms with Gasteiger partial charge in [-0.1, -0.05) is 6.07 Å². The molecule has 5 heteroatoms. The third-order valence-electron chi connectivity index (χ3n) is 1.97. The largest absolute Gasteiger partial charge is 0.416 e. The van der Waals surface area contributed by atoms with Gasteiger partial charge in [-0.25, -0.2) is 4.39 Å². The molecule has 1 aromatic carbocycles. The lowest BCUT2D eigenvalue weighted by Gasteiger charge is -2.10. The van der Waals surface area contributed by atoms with Gasteiger partial charge in [0.05, 0.1) is 5.56 Å². The first-order valence-electron chi connectivity index (χ1n) is 4.16. The van der Waals surface area contributed by atoms with Gasteiger partial charge in [0.25, 0.3) is 0 Å². The maximum Gasteiger partial charge on any atom is 0.416 e. The van der Waals surface area contributed by atoms with E-state index in [1.54, 1.807) is 0 Å². The van der Waals surface area contributed by atoms with Crippen molar-refractivity contribution in [2.24, 2.45) is 0 Å². The van der Waals surface area contributed by atoms with Gasteiger partial charge in [0.1, 0.15) is 12.5 Å². The summed E-state index contributed by atoms with van der Waals surface area (Å²) in [5.41, 5.74) is -1.24. The molecule has 0 N–H and O–H groups in total. The number of carbonyl (C=O) groups is 1. The van der Waals surface area contributed by atoms with E-state index in [9.17, 15) is 22.4 Å². The van der Waals surface area contributed by atoms with Crippen LogP contribution in [0.15, 0.2) is 18.2 Å². The summed E-state index contributed by atoms with van der Waals surface area (Å²) in [6, 6.07) is 2.40. The molecule has 0 aliphatic heterocycles. The minimum atomic E-state index is -4.52. The smallest absolute Gasteiger partial charge is 0.298 e. The molecule has 1 rings (SSSR count). The Labute approximate surface area is 83.7 Å². The van der Waals surface area contributed by atoms with Crippen molar-refractivity contribution in [3.8, 4) is 0 Å². The van der Waals surface area contributed by atoms with E-state index < -0.39 is 17.9 Å². The minimum absolute atomic E-state index is 0.0296. The Hall–Kier alpha value is -1.39. The monoisotopic (exact) mass is 220 g/mol. The number of carbonyl (C=O) groups excluding carboxylic acids is 1. The summed E-state index contributed by atoms with van der Waals surface area (Å²) in [4.78, 5) is 10.5. The van der Waals surface area contributed by atoms with Gasteiger partial charge >= 0.3 is 6.18 Å². The van der Waals surface area contributed by atoms with Gasteiger partial charge in [0, 0.05) is 5.56 Å². The molecule has 82 valence electrons. The molecular weight excluding hydrogens is 212 g/mol. The van der Waals surface area contributed by atoms with Gasteiger partial charge in [-0.3, -0.25) is 4.79 Å². The van der Waals surface area contributed by atoms with Gasteiger partial charge in [0.2, 0.25) is 0 Å². The van der Waals surface area contributed by atoms with Crippen LogP contribution in [-0.4, -0.2) is 6.29 Å². The van der Waals surface area contributed by atoms with Crippen molar-refractivity contribution in [2.75, 3.05) is 0 Å². The molecular formula is C10H8F4O. The zero-order valence-corrected chi connectivity index (χ0v) is 7.81. The summed E-state index contributed by atoms with van der Waals surface area (Å²) in [5.74, 6) is 0. The molecule has 1 nitrogen and oxygen atoms in total. The highest BCUT2D eigenvalue weighted by Gasteiger charge is 2.31. The van der Waals surface area contributed by atoms with E-state index in [1.807, 2.05) is 0 Å². The lowest BCUT2D eigenvalue weighted by atomic mass is 10.0. The average molecular weight is 220 g/mol. The highest BCUT2D eigenvalue weighted by Crippen LogP contribution is 2.31. The van der Waals surface area contributed by atoms with Gasteiger partial charge in [-0.15, -0.1) is 0 Å². The normalized spacial score (nSPS) is 13.7. The van der Waals surface area contributed by atoms with Crippen LogP contribution < -0.4 is 0 Å². The summed E-state index contributed by atoms with van der Waals surface area (Å²) in [7, 11) is 0. The number of alkyl halides is 4. The van der Waals surface area contributed by atoms with Gasteiger partial charge in [-0.05, 0) is 24.6 Å². The molecule has 15 heavy (non-hydrogen) atoms. The lowest BCUT2D eigenvalue weighted by Crippen LogP contribution is -2.07. The highest BCUT2D eigenvalue weighted by molar-refractivity contribution is 5.78. The van der Waals surface area contributed by atoms with Gasteiger partial charge in [-0.2, -0.15) is 13.2 Å². The second-order valence-electron chi connectivity index (χ2n) is 3.08. The van der Waals surface area contributed by atoms with E-state index >= 15 is 0 Å². The Balaban J connectivity index is 3.25. The van der Waals surface area contributed by atoms with Crippen LogP contribution >= 0.6 is 0 Å². The molecule has 0 spiro atoms. The summed E-state index contributed by atoms with van der Waals surface area (Å²) in [6.07, 6.45) is -5.76. The Morgan fingerprint density at radius 2 is 1.93 bits per heavy atom. The fourth-order valence-electron chi connectivity index (χ4n) is 1.22. The molecule has 0 amide bonds. The number of hydrogen-bond donors (Lipinski definition) is 0. The molecule has 0 aliphatic rings. The van der Waals surface area contributed by atoms with Crippen LogP contribution in [0.5, 0.6) is 0 Å². The SMILES string of the molecule is C[C@@H](F)c1ccc(C(F)(F)F)cc1C=O. The fourth-order valence-corrected chi connectivity index (χ4v) is 1.22. The summed E-state index contributed by atoms with van der Waals surface area (Å²) < 4.78 is 49.6. The standard InChI is InChI=1S/C10H8F4O/c1-6(11)9-3-2-8(10(12,13)14)4-7(9)5-15/h2-6H,1H3/t6-/m1/s1. The summed E-state index contributed by atoms with van der Waals surface area (Å²) in [6.45, 7) is 1.16. The Kier molecular flexibility index (Phi) is 3.12. The maximum absolute atomic E-state index is 12.9. The van der Waals surface area contributed by atoms with E-state index in [0.717, 1.165) is 19.1 Å². The molecule has 1 aromatic rings. The number of hydrogen-bond acceptors (Lipinski definition) is 1. The molecule has 0 fully saturated rings. The van der Waals surface area contributed by atoms with Crippen molar-refractivity contribution < 1.29 is 22.4 Å². The fraction of sp³-hybridized carbons (Fsp3) is 0.300. The van der Waals surface area contributed by atoms with E-state index in [-0.39, 0.29) is 17.4 Å². The number of benzene rings is 1. The predicted molar refractivity (Wildman–Crippen MR) is 46.4 cm³/mol. The topological polar surface area (TPSA) is 17.1 Å². The third kappa shape index (κ3) is 2.55. The zero-order chi connectivity index (χ0) is 11.6. The molecule has 0 saturated carbocycles. The first-order chi connectivity index (χ1) is 6.86. The van der Waals surface area contributed by atoms with Crippen molar-refractivity contribution in [3.63, 3.8) is 0 Å². The molecule has 0 aromatic heterocycles. The minimum Gasteiger partial charge on any atom is -0.298 e. The van der Waals surface area contributed by atoms with E-state index in [1.165, 1.54) is 0 Å².